The van der Waals surface area contributed by atoms with Crippen LogP contribution in [0, 0.1) is 0 Å². The van der Waals surface area contributed by atoms with E-state index in [4.69, 9.17) is 21.1 Å². The number of ether oxygens (including phenoxy) is 2. The van der Waals surface area contributed by atoms with Gasteiger partial charge in [0.05, 0.1) is 17.5 Å². The normalized spacial score (nSPS) is 12.0. The van der Waals surface area contributed by atoms with E-state index in [2.05, 4.69) is 0 Å². The molecule has 1 N–H and O–H groups in total. The van der Waals surface area contributed by atoms with Gasteiger partial charge < -0.3 is 19.5 Å². The second-order valence-corrected chi connectivity index (χ2v) is 6.90. The van der Waals surface area contributed by atoms with Gasteiger partial charge >= 0.3 is 5.97 Å². The third kappa shape index (κ3) is 6.15. The predicted molar refractivity (Wildman–Crippen MR) is 107 cm³/mol. The van der Waals surface area contributed by atoms with E-state index >= 15 is 0 Å². The average Bonchev–Trinajstić information content (AvgIpc) is 2.62. The maximum atomic E-state index is 11.8. The van der Waals surface area contributed by atoms with Crippen LogP contribution in [0.5, 0.6) is 11.5 Å². The molecule has 0 saturated heterocycles. The number of hydrogen-bond donors (Lipinski definition) is 1. The van der Waals surface area contributed by atoms with Crippen LogP contribution in [0.3, 0.4) is 0 Å². The summed E-state index contributed by atoms with van der Waals surface area (Å²) >= 11 is 6.43. The lowest BCUT2D eigenvalue weighted by atomic mass is 9.92. The van der Waals surface area contributed by atoms with Gasteiger partial charge in [-0.15, -0.1) is 0 Å². The molecule has 0 radical (unpaired) electrons. The molecule has 146 valence electrons. The number of likely N-dealkylation sites (N-methyl/N-ethyl adjacent to an activating group) is 1. The molecule has 1 unspecified atom stereocenters. The van der Waals surface area contributed by atoms with Crippen LogP contribution in [0.25, 0.3) is 0 Å². The van der Waals surface area contributed by atoms with E-state index in [-0.39, 0.29) is 0 Å². The molecule has 2 aromatic carbocycles. The predicted octanol–water partition coefficient (Wildman–Crippen LogP) is 4.09. The first kappa shape index (κ1) is 21.1. The number of halogens is 1. The van der Waals surface area contributed by atoms with Crippen LogP contribution in [0.2, 0.25) is 5.02 Å². The number of carboxylic acids is 1. The zero-order valence-corrected chi connectivity index (χ0v) is 16.7. The Morgan fingerprint density at radius 1 is 1.19 bits per heavy atom. The molecule has 0 fully saturated rings. The number of hydrogen-bond acceptors (Lipinski definition) is 4. The molecule has 0 amide bonds. The lowest BCUT2D eigenvalue weighted by Gasteiger charge is -2.18. The van der Waals surface area contributed by atoms with Crippen LogP contribution >= 0.6 is 11.6 Å². The summed E-state index contributed by atoms with van der Waals surface area (Å²) in [6.07, 6.45) is 0.317. The van der Waals surface area contributed by atoms with Gasteiger partial charge in [0.2, 0.25) is 0 Å². The Balaban J connectivity index is 2.27. The lowest BCUT2D eigenvalue weighted by Crippen LogP contribution is -2.19. The summed E-state index contributed by atoms with van der Waals surface area (Å²) in [5.74, 6) is -0.495. The highest BCUT2D eigenvalue weighted by Crippen LogP contribution is 2.38. The van der Waals surface area contributed by atoms with Crippen molar-refractivity contribution in [3.63, 3.8) is 0 Å². The smallest absolute Gasteiger partial charge is 0.311 e. The quantitative estimate of drug-likeness (QED) is 0.661. The summed E-state index contributed by atoms with van der Waals surface area (Å²) in [5, 5.41) is 10.1. The minimum Gasteiger partial charge on any atom is -0.490 e. The van der Waals surface area contributed by atoms with Crippen molar-refractivity contribution in [1.82, 2.24) is 4.90 Å². The molecule has 5 nitrogen and oxygen atoms in total. The zero-order valence-electron chi connectivity index (χ0n) is 15.9. The molecular weight excluding hydrogens is 366 g/mol. The van der Waals surface area contributed by atoms with Crippen LogP contribution in [-0.2, 0) is 11.2 Å². The van der Waals surface area contributed by atoms with E-state index in [0.29, 0.717) is 36.2 Å². The zero-order chi connectivity index (χ0) is 19.8. The Morgan fingerprint density at radius 2 is 1.89 bits per heavy atom. The van der Waals surface area contributed by atoms with Gasteiger partial charge in [-0.1, -0.05) is 41.9 Å². The number of carbonyl (C=O) groups is 1. The summed E-state index contributed by atoms with van der Waals surface area (Å²) in [4.78, 5) is 13.8. The Bertz CT molecular complexity index is 749. The van der Waals surface area contributed by atoms with Crippen LogP contribution in [0.15, 0.2) is 42.5 Å². The molecule has 0 bridgehead atoms. The van der Waals surface area contributed by atoms with Crippen molar-refractivity contribution in [2.75, 3.05) is 33.9 Å². The fourth-order valence-electron chi connectivity index (χ4n) is 2.74. The SMILES string of the molecule is CCOc1cc(CC(C(=O)O)c2ccccc2)cc(Cl)c1OCCN(C)C. The van der Waals surface area contributed by atoms with E-state index in [1.165, 1.54) is 0 Å². The minimum atomic E-state index is -0.874. The van der Waals surface area contributed by atoms with Crippen LogP contribution in [0.4, 0.5) is 0 Å². The molecule has 0 spiro atoms. The lowest BCUT2D eigenvalue weighted by molar-refractivity contribution is -0.138. The first-order valence-electron chi connectivity index (χ1n) is 8.92. The van der Waals surface area contributed by atoms with Crippen molar-refractivity contribution in [1.29, 1.82) is 0 Å². The van der Waals surface area contributed by atoms with E-state index in [1.54, 1.807) is 6.07 Å². The standard InChI is InChI=1S/C21H26ClNO4/c1-4-26-19-14-15(13-18(22)20(19)27-11-10-23(2)3)12-17(21(24)25)16-8-6-5-7-9-16/h5-9,13-14,17H,4,10-12H2,1-3H3,(H,24,25). The molecule has 0 saturated carbocycles. The first-order valence-corrected chi connectivity index (χ1v) is 9.30. The molecular formula is C21H26ClNO4. The Morgan fingerprint density at radius 3 is 2.48 bits per heavy atom. The molecule has 0 heterocycles. The highest BCUT2D eigenvalue weighted by atomic mass is 35.5. The Labute approximate surface area is 165 Å². The molecule has 2 aromatic rings. The summed E-state index contributed by atoms with van der Waals surface area (Å²) < 4.78 is 11.5. The van der Waals surface area contributed by atoms with Gasteiger partial charge in [-0.05, 0) is 50.7 Å². The van der Waals surface area contributed by atoms with E-state index < -0.39 is 11.9 Å². The Hall–Kier alpha value is -2.24. The highest BCUT2D eigenvalue weighted by molar-refractivity contribution is 6.32. The number of rotatable bonds is 10. The van der Waals surface area contributed by atoms with E-state index in [1.807, 2.05) is 62.3 Å². The molecule has 27 heavy (non-hydrogen) atoms. The number of benzene rings is 2. The fraction of sp³-hybridized carbons (Fsp3) is 0.381. The molecule has 0 aliphatic rings. The molecule has 6 heteroatoms. The molecule has 0 aliphatic carbocycles. The summed E-state index contributed by atoms with van der Waals surface area (Å²) in [7, 11) is 3.93. The second kappa shape index (κ2) is 10.2. The van der Waals surface area contributed by atoms with Gasteiger partial charge in [0, 0.05) is 6.54 Å². The van der Waals surface area contributed by atoms with Crippen molar-refractivity contribution in [2.24, 2.45) is 0 Å². The van der Waals surface area contributed by atoms with Crippen molar-refractivity contribution in [3.05, 3.63) is 58.6 Å². The monoisotopic (exact) mass is 391 g/mol. The Kier molecular flexibility index (Phi) is 7.95. The van der Waals surface area contributed by atoms with Gasteiger partial charge in [0.15, 0.2) is 11.5 Å². The van der Waals surface area contributed by atoms with Gasteiger partial charge in [-0.2, -0.15) is 0 Å². The largest absolute Gasteiger partial charge is 0.490 e. The highest BCUT2D eigenvalue weighted by Gasteiger charge is 2.22. The van der Waals surface area contributed by atoms with Gasteiger partial charge in [0.1, 0.15) is 6.61 Å². The van der Waals surface area contributed by atoms with Crippen molar-refractivity contribution in [2.45, 2.75) is 19.3 Å². The molecule has 0 aliphatic heterocycles. The second-order valence-electron chi connectivity index (χ2n) is 6.50. The fourth-order valence-corrected chi connectivity index (χ4v) is 3.03. The van der Waals surface area contributed by atoms with Crippen LogP contribution in [-0.4, -0.2) is 49.8 Å². The summed E-state index contributed by atoms with van der Waals surface area (Å²) in [6, 6.07) is 12.8. The first-order chi connectivity index (χ1) is 12.9. The van der Waals surface area contributed by atoms with E-state index in [0.717, 1.165) is 17.7 Å². The molecule has 0 aromatic heterocycles. The van der Waals surface area contributed by atoms with Gasteiger partial charge in [0.25, 0.3) is 0 Å². The molecule has 2 rings (SSSR count). The number of carboxylic acid groups (broad SMARTS) is 1. The minimum absolute atomic E-state index is 0.317. The van der Waals surface area contributed by atoms with Gasteiger partial charge in [-0.3, -0.25) is 4.79 Å². The molecule has 1 atom stereocenters. The number of aliphatic carboxylic acids is 1. The third-order valence-corrected chi connectivity index (χ3v) is 4.37. The average molecular weight is 392 g/mol. The maximum absolute atomic E-state index is 11.8. The summed E-state index contributed by atoms with van der Waals surface area (Å²) in [6.45, 7) is 3.58. The number of nitrogens with zero attached hydrogens (tertiary/aromatic N) is 1. The topological polar surface area (TPSA) is 59.0 Å². The van der Waals surface area contributed by atoms with Gasteiger partial charge in [-0.25, -0.2) is 0 Å². The van der Waals surface area contributed by atoms with Crippen molar-refractivity contribution >= 4 is 17.6 Å². The van der Waals surface area contributed by atoms with Crippen LogP contribution < -0.4 is 9.47 Å². The van der Waals surface area contributed by atoms with E-state index in [9.17, 15) is 9.90 Å². The van der Waals surface area contributed by atoms with Crippen molar-refractivity contribution < 1.29 is 19.4 Å². The van der Waals surface area contributed by atoms with Crippen molar-refractivity contribution in [3.8, 4) is 11.5 Å². The maximum Gasteiger partial charge on any atom is 0.311 e. The summed E-state index contributed by atoms with van der Waals surface area (Å²) in [5.41, 5.74) is 1.55. The third-order valence-electron chi connectivity index (χ3n) is 4.09. The van der Waals surface area contributed by atoms with Crippen LogP contribution in [0.1, 0.15) is 24.0 Å².